The lowest BCUT2D eigenvalue weighted by atomic mass is 10.0. The van der Waals surface area contributed by atoms with Gasteiger partial charge < -0.3 is 10.3 Å². The van der Waals surface area contributed by atoms with Crippen molar-refractivity contribution in [1.29, 1.82) is 0 Å². The van der Waals surface area contributed by atoms with Crippen molar-refractivity contribution in [3.63, 3.8) is 0 Å². The van der Waals surface area contributed by atoms with E-state index in [2.05, 4.69) is 22.3 Å². The highest BCUT2D eigenvalue weighted by Crippen LogP contribution is 2.25. The van der Waals surface area contributed by atoms with Crippen molar-refractivity contribution in [3.05, 3.63) is 34.3 Å². The monoisotopic (exact) mass is 236 g/mol. The molecule has 0 radical (unpaired) electrons. The molecular weight excluding hydrogens is 223 g/mol. The van der Waals surface area contributed by atoms with E-state index >= 15 is 0 Å². The molecule has 90 valence electrons. The van der Waals surface area contributed by atoms with Crippen LogP contribution in [0.4, 0.5) is 4.39 Å². The zero-order valence-electron chi connectivity index (χ0n) is 9.40. The van der Waals surface area contributed by atoms with Gasteiger partial charge in [0.05, 0.1) is 6.04 Å². The Morgan fingerprint density at radius 2 is 2.35 bits per heavy atom. The van der Waals surface area contributed by atoms with Crippen LogP contribution in [-0.4, -0.2) is 21.1 Å². The molecule has 0 aromatic carbocycles. The standard InChI is InChI=1S/C11H13FN4O/c1-6-4-5-13-9(6)10-14-11(17)7-2-3-8(12)16(7)15-10/h2-3,6,9,13H,4-5H2,1H3,(H,14,15,17)/t6?,9-/m0/s1. The van der Waals surface area contributed by atoms with E-state index in [9.17, 15) is 9.18 Å². The van der Waals surface area contributed by atoms with Gasteiger partial charge in [0.25, 0.3) is 5.56 Å². The van der Waals surface area contributed by atoms with E-state index in [1.54, 1.807) is 0 Å². The average Bonchev–Trinajstić information content (AvgIpc) is 2.86. The number of hydrogen-bond acceptors (Lipinski definition) is 3. The third kappa shape index (κ3) is 1.56. The summed E-state index contributed by atoms with van der Waals surface area (Å²) in [6, 6.07) is 2.66. The molecule has 2 aromatic rings. The van der Waals surface area contributed by atoms with Gasteiger partial charge in [0.15, 0.2) is 0 Å². The Morgan fingerprint density at radius 1 is 1.53 bits per heavy atom. The molecule has 1 saturated heterocycles. The highest BCUT2D eigenvalue weighted by molar-refractivity contribution is 5.43. The van der Waals surface area contributed by atoms with E-state index in [0.29, 0.717) is 11.7 Å². The summed E-state index contributed by atoms with van der Waals surface area (Å²) < 4.78 is 14.5. The van der Waals surface area contributed by atoms with Gasteiger partial charge in [0, 0.05) is 0 Å². The first-order chi connectivity index (χ1) is 8.16. The summed E-state index contributed by atoms with van der Waals surface area (Å²) in [5.41, 5.74) is -0.0725. The molecule has 3 rings (SSSR count). The predicted octanol–water partition coefficient (Wildman–Crippen LogP) is 0.832. The lowest BCUT2D eigenvalue weighted by molar-refractivity contribution is 0.459. The van der Waals surface area contributed by atoms with Crippen molar-refractivity contribution in [2.24, 2.45) is 5.92 Å². The van der Waals surface area contributed by atoms with Crippen molar-refractivity contribution in [1.82, 2.24) is 19.9 Å². The number of nitrogens with zero attached hydrogens (tertiary/aromatic N) is 2. The highest BCUT2D eigenvalue weighted by Gasteiger charge is 2.27. The number of aromatic nitrogens is 3. The molecule has 2 aromatic heterocycles. The Hall–Kier alpha value is -1.69. The molecule has 0 saturated carbocycles. The summed E-state index contributed by atoms with van der Waals surface area (Å²) in [6.07, 6.45) is 1.03. The van der Waals surface area contributed by atoms with Crippen molar-refractivity contribution in [3.8, 4) is 0 Å². The summed E-state index contributed by atoms with van der Waals surface area (Å²) in [6.45, 7) is 2.97. The van der Waals surface area contributed by atoms with Crippen LogP contribution in [0.3, 0.4) is 0 Å². The fourth-order valence-electron chi connectivity index (χ4n) is 2.33. The Balaban J connectivity index is 2.17. The number of aromatic amines is 1. The lowest BCUT2D eigenvalue weighted by Gasteiger charge is -2.14. The van der Waals surface area contributed by atoms with E-state index in [1.165, 1.54) is 12.1 Å². The minimum atomic E-state index is -0.516. The first kappa shape index (κ1) is 10.5. The summed E-state index contributed by atoms with van der Waals surface area (Å²) in [4.78, 5) is 14.5. The molecule has 1 fully saturated rings. The summed E-state index contributed by atoms with van der Waals surface area (Å²) >= 11 is 0. The van der Waals surface area contributed by atoms with E-state index in [1.807, 2.05) is 0 Å². The minimum Gasteiger partial charge on any atom is -0.307 e. The number of nitrogens with one attached hydrogen (secondary N) is 2. The summed E-state index contributed by atoms with van der Waals surface area (Å²) in [7, 11) is 0. The maximum atomic E-state index is 13.4. The van der Waals surface area contributed by atoms with E-state index < -0.39 is 5.95 Å². The third-order valence-electron chi connectivity index (χ3n) is 3.32. The maximum Gasteiger partial charge on any atom is 0.275 e. The zero-order chi connectivity index (χ0) is 12.0. The quantitative estimate of drug-likeness (QED) is 0.771. The van der Waals surface area contributed by atoms with Crippen LogP contribution < -0.4 is 10.9 Å². The molecule has 0 amide bonds. The Bertz CT molecular complexity index is 617. The van der Waals surface area contributed by atoms with Crippen LogP contribution in [0.1, 0.15) is 25.2 Å². The Morgan fingerprint density at radius 3 is 3.06 bits per heavy atom. The normalized spacial score (nSPS) is 24.6. The molecule has 1 aliphatic heterocycles. The second-order valence-electron chi connectivity index (χ2n) is 4.49. The zero-order valence-corrected chi connectivity index (χ0v) is 9.40. The first-order valence-corrected chi connectivity index (χ1v) is 5.67. The second-order valence-corrected chi connectivity index (χ2v) is 4.49. The molecule has 1 unspecified atom stereocenters. The van der Waals surface area contributed by atoms with Crippen molar-refractivity contribution < 1.29 is 4.39 Å². The molecule has 2 atom stereocenters. The van der Waals surface area contributed by atoms with E-state index in [0.717, 1.165) is 17.5 Å². The van der Waals surface area contributed by atoms with Crippen LogP contribution >= 0.6 is 0 Å². The van der Waals surface area contributed by atoms with Crippen LogP contribution in [0.15, 0.2) is 16.9 Å². The van der Waals surface area contributed by atoms with Crippen molar-refractivity contribution >= 4 is 5.52 Å². The van der Waals surface area contributed by atoms with Gasteiger partial charge in [-0.25, -0.2) is 0 Å². The lowest BCUT2D eigenvalue weighted by Crippen LogP contribution is -2.25. The number of halogens is 1. The number of hydrogen-bond donors (Lipinski definition) is 2. The van der Waals surface area contributed by atoms with Crippen LogP contribution in [0.25, 0.3) is 5.52 Å². The van der Waals surface area contributed by atoms with E-state index in [4.69, 9.17) is 0 Å². The van der Waals surface area contributed by atoms with Gasteiger partial charge in [-0.3, -0.25) is 4.79 Å². The van der Waals surface area contributed by atoms with Crippen LogP contribution in [0.2, 0.25) is 0 Å². The number of rotatable bonds is 1. The largest absolute Gasteiger partial charge is 0.307 e. The second kappa shape index (κ2) is 3.66. The summed E-state index contributed by atoms with van der Waals surface area (Å²) in [5, 5.41) is 7.41. The number of H-pyrrole nitrogens is 1. The van der Waals surface area contributed by atoms with Crippen LogP contribution in [0.5, 0.6) is 0 Å². The molecular formula is C11H13FN4O. The molecule has 0 bridgehead atoms. The van der Waals surface area contributed by atoms with Gasteiger partial charge in [-0.2, -0.15) is 14.0 Å². The fourth-order valence-corrected chi connectivity index (χ4v) is 2.33. The van der Waals surface area contributed by atoms with Gasteiger partial charge in [0.2, 0.25) is 5.95 Å². The number of fused-ring (bicyclic) bond motifs is 1. The molecule has 3 heterocycles. The topological polar surface area (TPSA) is 62.2 Å². The Kier molecular flexibility index (Phi) is 2.25. The maximum absolute atomic E-state index is 13.4. The van der Waals surface area contributed by atoms with Gasteiger partial charge in [-0.15, -0.1) is 0 Å². The van der Waals surface area contributed by atoms with Gasteiger partial charge in [0.1, 0.15) is 11.3 Å². The fraction of sp³-hybridized carbons (Fsp3) is 0.455. The van der Waals surface area contributed by atoms with Gasteiger partial charge in [-0.1, -0.05) is 6.92 Å². The minimum absolute atomic E-state index is 0.00565. The molecule has 2 N–H and O–H groups in total. The highest BCUT2D eigenvalue weighted by atomic mass is 19.1. The smallest absolute Gasteiger partial charge is 0.275 e. The summed E-state index contributed by atoms with van der Waals surface area (Å²) in [5.74, 6) is 0.370. The predicted molar refractivity (Wildman–Crippen MR) is 60.3 cm³/mol. The van der Waals surface area contributed by atoms with Crippen molar-refractivity contribution in [2.75, 3.05) is 6.54 Å². The molecule has 0 spiro atoms. The van der Waals surface area contributed by atoms with Crippen LogP contribution in [-0.2, 0) is 0 Å². The van der Waals surface area contributed by atoms with Gasteiger partial charge in [-0.05, 0) is 31.0 Å². The van der Waals surface area contributed by atoms with Gasteiger partial charge >= 0.3 is 0 Å². The molecule has 6 heteroatoms. The first-order valence-electron chi connectivity index (χ1n) is 5.67. The molecule has 1 aliphatic rings. The average molecular weight is 236 g/mol. The molecule has 5 nitrogen and oxygen atoms in total. The Labute approximate surface area is 96.7 Å². The molecule has 17 heavy (non-hydrogen) atoms. The molecule has 0 aliphatic carbocycles. The SMILES string of the molecule is CC1CCN[C@@H]1c1nn2c(F)ccc2c(=O)[nH]1. The van der Waals surface area contributed by atoms with Crippen LogP contribution in [0, 0.1) is 11.9 Å². The van der Waals surface area contributed by atoms with Crippen molar-refractivity contribution in [2.45, 2.75) is 19.4 Å². The third-order valence-corrected chi connectivity index (χ3v) is 3.32. The van der Waals surface area contributed by atoms with E-state index in [-0.39, 0.29) is 17.1 Å².